The average molecular weight is 297 g/mol. The van der Waals surface area contributed by atoms with Crippen LogP contribution >= 0.6 is 11.8 Å². The van der Waals surface area contributed by atoms with Crippen LogP contribution in [0.1, 0.15) is 5.76 Å². The molecule has 0 unspecified atom stereocenters. The molecule has 0 saturated carbocycles. The highest BCUT2D eigenvalue weighted by Crippen LogP contribution is 2.42. The van der Waals surface area contributed by atoms with Crippen molar-refractivity contribution >= 4 is 28.6 Å². The molecule has 0 radical (unpaired) electrons. The summed E-state index contributed by atoms with van der Waals surface area (Å²) < 4.78 is 5.28. The van der Waals surface area contributed by atoms with E-state index in [2.05, 4.69) is 0 Å². The van der Waals surface area contributed by atoms with Crippen molar-refractivity contribution in [3.8, 4) is 0 Å². The van der Waals surface area contributed by atoms with Crippen LogP contribution in [0.15, 0.2) is 28.9 Å². The van der Waals surface area contributed by atoms with E-state index < -0.39 is 29.1 Å². The maximum atomic E-state index is 11.4. The van der Waals surface area contributed by atoms with Crippen molar-refractivity contribution in [3.05, 3.63) is 30.2 Å². The van der Waals surface area contributed by atoms with Gasteiger partial charge in [0.25, 0.3) is 0 Å². The number of aliphatic carboxylic acids is 2. The lowest BCUT2D eigenvalue weighted by atomic mass is 9.93. The number of carboxylic acid groups (broad SMARTS) is 2. The van der Waals surface area contributed by atoms with Crippen molar-refractivity contribution in [2.24, 2.45) is 5.92 Å². The fourth-order valence-corrected chi connectivity index (χ4v) is 3.44. The molecule has 0 aromatic carbocycles. The van der Waals surface area contributed by atoms with Crippen molar-refractivity contribution in [1.29, 1.82) is 0 Å². The Labute approximate surface area is 120 Å². The highest BCUT2D eigenvalue weighted by molar-refractivity contribution is 8.09. The Morgan fingerprint density at radius 3 is 2.45 bits per heavy atom. The van der Waals surface area contributed by atoms with Gasteiger partial charge in [0.05, 0.1) is 12.2 Å². The molecule has 108 valence electrons. The van der Waals surface area contributed by atoms with E-state index in [9.17, 15) is 19.8 Å². The molecule has 2 rings (SSSR count). The minimum Gasteiger partial charge on any atom is -0.481 e. The van der Waals surface area contributed by atoms with Crippen LogP contribution in [0.2, 0.25) is 0 Å². The third-order valence-electron chi connectivity index (χ3n) is 3.16. The molecule has 0 saturated heterocycles. The summed E-state index contributed by atoms with van der Waals surface area (Å²) >= 11 is 1.02. The molecule has 0 amide bonds. The fourth-order valence-electron chi connectivity index (χ4n) is 2.20. The zero-order valence-electron chi connectivity index (χ0n) is 11.0. The molecule has 3 atom stereocenters. The average Bonchev–Trinajstić information content (AvgIpc) is 2.90. The van der Waals surface area contributed by atoms with Crippen LogP contribution in [0.25, 0.3) is 4.91 Å². The summed E-state index contributed by atoms with van der Waals surface area (Å²) in [5.74, 6) is -2.70. The predicted molar refractivity (Wildman–Crippen MR) is 74.3 cm³/mol. The topological polar surface area (TPSA) is 91.0 Å². The van der Waals surface area contributed by atoms with Gasteiger partial charge in [0, 0.05) is 10.9 Å². The second kappa shape index (κ2) is 5.72. The van der Waals surface area contributed by atoms with Crippen molar-refractivity contribution in [2.75, 3.05) is 14.1 Å². The van der Waals surface area contributed by atoms with Crippen LogP contribution in [-0.4, -0.2) is 52.4 Å². The second-order valence-electron chi connectivity index (χ2n) is 4.70. The molecule has 1 aliphatic rings. The van der Waals surface area contributed by atoms with Gasteiger partial charge in [-0.15, -0.1) is 11.8 Å². The van der Waals surface area contributed by atoms with Gasteiger partial charge in [-0.1, -0.05) is 0 Å². The SMILES string of the molecule is CN(C)[C@H]1C=C(c2ccco2)S[C@@H](C(=O)O)[C@@H]1C(=O)O. The second-order valence-corrected chi connectivity index (χ2v) is 5.89. The molecular weight excluding hydrogens is 282 g/mol. The minimum atomic E-state index is -1.13. The van der Waals surface area contributed by atoms with E-state index in [0.29, 0.717) is 10.7 Å². The van der Waals surface area contributed by atoms with Gasteiger partial charge in [-0.3, -0.25) is 9.59 Å². The zero-order chi connectivity index (χ0) is 14.9. The standard InChI is InChI=1S/C13H15NO5S/c1-14(2)7-6-9(8-4-3-5-19-8)20-11(13(17)18)10(7)12(15)16/h3-7,10-11H,1-2H3,(H,15,16)(H,17,18)/t7-,10+,11+/m0/s1. The first-order chi connectivity index (χ1) is 9.41. The van der Waals surface area contributed by atoms with E-state index >= 15 is 0 Å². The summed E-state index contributed by atoms with van der Waals surface area (Å²) in [6.07, 6.45) is 3.25. The predicted octanol–water partition coefficient (Wildman–Crippen LogP) is 1.45. The smallest absolute Gasteiger partial charge is 0.317 e. The first-order valence-corrected chi connectivity index (χ1v) is 6.84. The van der Waals surface area contributed by atoms with Crippen molar-refractivity contribution in [1.82, 2.24) is 4.90 Å². The van der Waals surface area contributed by atoms with Gasteiger partial charge in [-0.25, -0.2) is 0 Å². The molecule has 0 aliphatic carbocycles. The normalized spacial score (nSPS) is 26.4. The number of rotatable bonds is 4. The molecule has 0 spiro atoms. The summed E-state index contributed by atoms with van der Waals surface area (Å²) in [4.78, 5) is 25.2. The maximum Gasteiger partial charge on any atom is 0.317 e. The lowest BCUT2D eigenvalue weighted by Gasteiger charge is -2.35. The molecule has 2 heterocycles. The molecule has 20 heavy (non-hydrogen) atoms. The van der Waals surface area contributed by atoms with Crippen LogP contribution in [0.3, 0.4) is 0 Å². The molecule has 0 fully saturated rings. The van der Waals surface area contributed by atoms with E-state index in [-0.39, 0.29) is 0 Å². The van der Waals surface area contributed by atoms with Crippen LogP contribution in [0.5, 0.6) is 0 Å². The lowest BCUT2D eigenvalue weighted by molar-refractivity contribution is -0.149. The molecular formula is C13H15NO5S. The Hall–Kier alpha value is -1.73. The third-order valence-corrected chi connectivity index (χ3v) is 4.50. The number of furan rings is 1. The summed E-state index contributed by atoms with van der Waals surface area (Å²) in [6.45, 7) is 0. The quantitative estimate of drug-likeness (QED) is 0.869. The number of hydrogen-bond acceptors (Lipinski definition) is 5. The van der Waals surface area contributed by atoms with E-state index in [1.165, 1.54) is 6.26 Å². The van der Waals surface area contributed by atoms with E-state index in [4.69, 9.17) is 4.42 Å². The van der Waals surface area contributed by atoms with Gasteiger partial charge in [-0.05, 0) is 32.3 Å². The summed E-state index contributed by atoms with van der Waals surface area (Å²) in [5.41, 5.74) is 0. The summed E-state index contributed by atoms with van der Waals surface area (Å²) in [7, 11) is 3.46. The van der Waals surface area contributed by atoms with Crippen molar-refractivity contribution in [3.63, 3.8) is 0 Å². The first-order valence-electron chi connectivity index (χ1n) is 5.96. The number of carboxylic acids is 2. The number of thioether (sulfide) groups is 1. The summed E-state index contributed by atoms with van der Waals surface area (Å²) in [6, 6.07) is 2.93. The Kier molecular flexibility index (Phi) is 4.20. The Morgan fingerprint density at radius 1 is 1.30 bits per heavy atom. The molecule has 6 nitrogen and oxygen atoms in total. The molecule has 1 aromatic rings. The van der Waals surface area contributed by atoms with Gasteiger partial charge in [0.1, 0.15) is 11.0 Å². The van der Waals surface area contributed by atoms with Crippen LogP contribution < -0.4 is 0 Å². The minimum absolute atomic E-state index is 0.505. The number of carbonyl (C=O) groups is 2. The molecule has 7 heteroatoms. The van der Waals surface area contributed by atoms with Gasteiger partial charge in [-0.2, -0.15) is 0 Å². The first kappa shape index (κ1) is 14.7. The lowest BCUT2D eigenvalue weighted by Crippen LogP contribution is -2.48. The van der Waals surface area contributed by atoms with E-state index in [1.807, 2.05) is 0 Å². The van der Waals surface area contributed by atoms with Crippen molar-refractivity contribution in [2.45, 2.75) is 11.3 Å². The maximum absolute atomic E-state index is 11.4. The van der Waals surface area contributed by atoms with Gasteiger partial charge in [0.2, 0.25) is 0 Å². The van der Waals surface area contributed by atoms with Crippen LogP contribution in [-0.2, 0) is 9.59 Å². The van der Waals surface area contributed by atoms with Crippen LogP contribution in [0, 0.1) is 5.92 Å². The fraction of sp³-hybridized carbons (Fsp3) is 0.385. The third kappa shape index (κ3) is 2.73. The van der Waals surface area contributed by atoms with Crippen molar-refractivity contribution < 1.29 is 24.2 Å². The summed E-state index contributed by atoms with van der Waals surface area (Å²) in [5, 5.41) is 17.6. The number of hydrogen-bond donors (Lipinski definition) is 2. The monoisotopic (exact) mass is 297 g/mol. The molecule has 1 aromatic heterocycles. The van der Waals surface area contributed by atoms with Gasteiger partial charge < -0.3 is 19.5 Å². The Balaban J connectivity index is 2.45. The number of likely N-dealkylation sites (N-methyl/N-ethyl adjacent to an activating group) is 1. The van der Waals surface area contributed by atoms with Crippen LogP contribution in [0.4, 0.5) is 0 Å². The molecule has 0 bridgehead atoms. The highest BCUT2D eigenvalue weighted by Gasteiger charge is 2.44. The largest absolute Gasteiger partial charge is 0.481 e. The van der Waals surface area contributed by atoms with E-state index in [0.717, 1.165) is 11.8 Å². The highest BCUT2D eigenvalue weighted by atomic mass is 32.2. The number of nitrogens with zero attached hydrogens (tertiary/aromatic N) is 1. The van der Waals surface area contributed by atoms with Gasteiger partial charge >= 0.3 is 11.9 Å². The molecule has 1 aliphatic heterocycles. The van der Waals surface area contributed by atoms with E-state index in [1.54, 1.807) is 37.2 Å². The van der Waals surface area contributed by atoms with Gasteiger partial charge in [0.15, 0.2) is 0 Å². The Bertz CT molecular complexity index is 537. The molecule has 2 N–H and O–H groups in total. The zero-order valence-corrected chi connectivity index (χ0v) is 11.8. The Morgan fingerprint density at radius 2 is 2.00 bits per heavy atom.